The van der Waals surface area contributed by atoms with Crippen LogP contribution in [0.1, 0.15) is 2.85 Å². The van der Waals surface area contributed by atoms with Crippen molar-refractivity contribution in [1.29, 1.82) is 0 Å². The number of thiocarbonyl (C=S) groups is 1. The van der Waals surface area contributed by atoms with Crippen LogP contribution in [0.5, 0.6) is 0 Å². The standard InChI is InChI=1S/C12H10.CH3NS2.Ca.2H/c1-3-7-11(8-4-1)12-9-5-2-6-10-12;2-1(3)4;;;/h1-10H;(H3,2,3,4);;;/q;;+2;2*-1. The van der Waals surface area contributed by atoms with Crippen molar-refractivity contribution in [2.75, 3.05) is 0 Å². The Labute approximate surface area is 146 Å². The third kappa shape index (κ3) is 7.79. The van der Waals surface area contributed by atoms with Crippen molar-refractivity contribution in [3.8, 4) is 11.1 Å². The summed E-state index contributed by atoms with van der Waals surface area (Å²) in [4.78, 5) is 0. The third-order valence-electron chi connectivity index (χ3n) is 1.88. The molecule has 0 aromatic heterocycles. The van der Waals surface area contributed by atoms with Gasteiger partial charge in [-0.2, -0.15) is 0 Å². The van der Waals surface area contributed by atoms with Crippen molar-refractivity contribution in [2.24, 2.45) is 5.73 Å². The summed E-state index contributed by atoms with van der Waals surface area (Å²) in [6.45, 7) is 0. The molecule has 86 valence electrons. The van der Waals surface area contributed by atoms with E-state index in [0.717, 1.165) is 0 Å². The molecular weight excluding hydrogens is 274 g/mol. The molecule has 4 heteroatoms. The molecule has 0 bridgehead atoms. The van der Waals surface area contributed by atoms with Gasteiger partial charge in [-0.3, -0.25) is 0 Å². The van der Waals surface area contributed by atoms with Gasteiger partial charge in [0.1, 0.15) is 4.32 Å². The molecule has 0 atom stereocenters. The summed E-state index contributed by atoms with van der Waals surface area (Å²) < 4.78 is 0.194. The molecule has 2 aromatic carbocycles. The SMILES string of the molecule is NC(=S)S.[Ca+2].[H-].[H-].c1ccc(-c2ccccc2)cc1. The fourth-order valence-electron chi connectivity index (χ4n) is 1.26. The summed E-state index contributed by atoms with van der Waals surface area (Å²) in [6.07, 6.45) is 0. The van der Waals surface area contributed by atoms with Crippen LogP contribution in [0.3, 0.4) is 0 Å². The van der Waals surface area contributed by atoms with E-state index >= 15 is 0 Å². The van der Waals surface area contributed by atoms with Crippen molar-refractivity contribution in [2.45, 2.75) is 0 Å². The van der Waals surface area contributed by atoms with Crippen LogP contribution in [0.4, 0.5) is 0 Å². The zero-order valence-corrected chi connectivity index (χ0v) is 13.3. The van der Waals surface area contributed by atoms with Gasteiger partial charge in [-0.05, 0) is 11.1 Å². The molecule has 17 heavy (non-hydrogen) atoms. The number of nitrogens with two attached hydrogens (primary N) is 1. The average Bonchev–Trinajstić information content (AvgIpc) is 2.31. The van der Waals surface area contributed by atoms with E-state index in [4.69, 9.17) is 5.73 Å². The predicted octanol–water partition coefficient (Wildman–Crippen LogP) is 3.36. The minimum atomic E-state index is 0. The molecule has 0 unspecified atom stereocenters. The van der Waals surface area contributed by atoms with Gasteiger partial charge < -0.3 is 8.59 Å². The zero-order chi connectivity index (χ0) is 11.8. The third-order valence-corrected chi connectivity index (χ3v) is 1.88. The average molecular weight is 289 g/mol. The number of benzene rings is 2. The van der Waals surface area contributed by atoms with Gasteiger partial charge in [0.2, 0.25) is 0 Å². The first kappa shape index (κ1) is 16.9. The van der Waals surface area contributed by atoms with Gasteiger partial charge in [-0.15, -0.1) is 12.6 Å². The quantitative estimate of drug-likeness (QED) is 0.478. The zero-order valence-electron chi connectivity index (χ0n) is 11.4. The smallest absolute Gasteiger partial charge is 1.00 e. The summed E-state index contributed by atoms with van der Waals surface area (Å²) in [5, 5.41) is 0. The van der Waals surface area contributed by atoms with Crippen LogP contribution in [0.25, 0.3) is 11.1 Å². The first-order valence-electron chi connectivity index (χ1n) is 4.79. The van der Waals surface area contributed by atoms with E-state index < -0.39 is 0 Å². The van der Waals surface area contributed by atoms with Crippen molar-refractivity contribution < 1.29 is 2.85 Å². The largest absolute Gasteiger partial charge is 2.00 e. The summed E-state index contributed by atoms with van der Waals surface area (Å²) in [5.41, 5.74) is 7.26. The van der Waals surface area contributed by atoms with Gasteiger partial charge in [0.05, 0.1) is 0 Å². The molecule has 0 saturated heterocycles. The topological polar surface area (TPSA) is 26.0 Å². The van der Waals surface area contributed by atoms with Crippen LogP contribution < -0.4 is 5.73 Å². The van der Waals surface area contributed by atoms with Gasteiger partial charge in [-0.1, -0.05) is 72.9 Å². The van der Waals surface area contributed by atoms with E-state index in [-0.39, 0.29) is 44.9 Å². The molecule has 0 aliphatic carbocycles. The van der Waals surface area contributed by atoms with Crippen LogP contribution in [-0.4, -0.2) is 42.1 Å². The van der Waals surface area contributed by atoms with Crippen LogP contribution in [0.2, 0.25) is 0 Å². The van der Waals surface area contributed by atoms with Gasteiger partial charge in [-0.25, -0.2) is 0 Å². The van der Waals surface area contributed by atoms with Crippen LogP contribution in [0, 0.1) is 0 Å². The second-order valence-corrected chi connectivity index (χ2v) is 4.29. The Balaban J connectivity index is -0.000000329. The molecule has 0 saturated carbocycles. The molecule has 0 radical (unpaired) electrons. The Bertz CT molecular complexity index is 399. The molecule has 0 amide bonds. The molecule has 1 nitrogen and oxygen atoms in total. The molecule has 2 aromatic rings. The molecule has 0 aliphatic rings. The Kier molecular flexibility index (Phi) is 9.88. The Morgan fingerprint density at radius 1 is 0.882 bits per heavy atom. The fourth-order valence-corrected chi connectivity index (χ4v) is 1.26. The molecule has 0 aliphatic heterocycles. The van der Waals surface area contributed by atoms with Gasteiger partial charge in [0.25, 0.3) is 0 Å². The van der Waals surface area contributed by atoms with Crippen molar-refractivity contribution in [3.05, 3.63) is 60.7 Å². The Morgan fingerprint density at radius 2 is 1.12 bits per heavy atom. The van der Waals surface area contributed by atoms with Gasteiger partial charge in [0.15, 0.2) is 0 Å². The van der Waals surface area contributed by atoms with Crippen LogP contribution in [0.15, 0.2) is 60.7 Å². The van der Waals surface area contributed by atoms with Gasteiger partial charge in [0, 0.05) is 0 Å². The van der Waals surface area contributed by atoms with Crippen molar-refractivity contribution >= 4 is 66.9 Å². The maximum absolute atomic E-state index is 4.71. The molecule has 2 rings (SSSR count). The maximum atomic E-state index is 4.71. The summed E-state index contributed by atoms with van der Waals surface area (Å²) >= 11 is 7.65. The van der Waals surface area contributed by atoms with E-state index in [1.807, 2.05) is 12.1 Å². The van der Waals surface area contributed by atoms with Crippen LogP contribution in [-0.2, 0) is 0 Å². The monoisotopic (exact) mass is 289 g/mol. The van der Waals surface area contributed by atoms with E-state index in [1.165, 1.54) is 11.1 Å². The molecule has 0 heterocycles. The number of hydrogen-bond donors (Lipinski definition) is 2. The Hall–Kier alpha value is -0.0603. The molecular formula is C13H15CaNS2. The van der Waals surface area contributed by atoms with Crippen molar-refractivity contribution in [1.82, 2.24) is 0 Å². The second-order valence-electron chi connectivity index (χ2n) is 3.07. The van der Waals surface area contributed by atoms with Crippen LogP contribution >= 0.6 is 24.8 Å². The first-order chi connectivity index (χ1) is 7.70. The molecule has 0 fully saturated rings. The van der Waals surface area contributed by atoms with E-state index in [1.54, 1.807) is 0 Å². The summed E-state index contributed by atoms with van der Waals surface area (Å²) in [7, 11) is 0. The summed E-state index contributed by atoms with van der Waals surface area (Å²) in [5.74, 6) is 0. The van der Waals surface area contributed by atoms with Gasteiger partial charge >= 0.3 is 37.7 Å². The Morgan fingerprint density at radius 3 is 1.35 bits per heavy atom. The minimum absolute atomic E-state index is 0. The second kappa shape index (κ2) is 9.92. The van der Waals surface area contributed by atoms with Crippen molar-refractivity contribution in [3.63, 3.8) is 0 Å². The molecule has 2 N–H and O–H groups in total. The van der Waals surface area contributed by atoms with E-state index in [9.17, 15) is 0 Å². The minimum Gasteiger partial charge on any atom is -1.00 e. The normalized spacial score (nSPS) is 8.29. The van der Waals surface area contributed by atoms with E-state index in [2.05, 4.69) is 73.4 Å². The fraction of sp³-hybridized carbons (Fsp3) is 0. The van der Waals surface area contributed by atoms with E-state index in [0.29, 0.717) is 0 Å². The number of rotatable bonds is 1. The summed E-state index contributed by atoms with van der Waals surface area (Å²) in [6, 6.07) is 20.8. The maximum Gasteiger partial charge on any atom is 2.00 e. The number of thiol groups is 1. The molecule has 0 spiro atoms. The first-order valence-corrected chi connectivity index (χ1v) is 5.64. The number of hydrogen-bond acceptors (Lipinski definition) is 1. The predicted molar refractivity (Wildman–Crippen MR) is 85.6 cm³/mol.